The second kappa shape index (κ2) is 8.69. The van der Waals surface area contributed by atoms with E-state index in [2.05, 4.69) is 19.6 Å². The van der Waals surface area contributed by atoms with Crippen LogP contribution in [0.4, 0.5) is 15.2 Å². The number of amides is 1. The number of hydrogen-bond acceptors (Lipinski definition) is 5. The molecule has 150 valence electrons. The SMILES string of the molecule is Cc1ccc(NC(=O)C2CCCN(c3nc(Cc4ccc(F)cc4)ns3)C2)cc1. The topological polar surface area (TPSA) is 58.1 Å². The Bertz CT molecular complexity index is 971. The molecule has 0 saturated carbocycles. The molecule has 0 aliphatic carbocycles. The first-order valence-corrected chi connectivity index (χ1v) is 10.5. The van der Waals surface area contributed by atoms with Crippen molar-refractivity contribution in [3.05, 3.63) is 71.3 Å². The van der Waals surface area contributed by atoms with Crippen molar-refractivity contribution in [1.82, 2.24) is 9.36 Å². The zero-order valence-corrected chi connectivity index (χ0v) is 17.1. The highest BCUT2D eigenvalue weighted by atomic mass is 32.1. The number of benzene rings is 2. The van der Waals surface area contributed by atoms with Crippen LogP contribution >= 0.6 is 11.5 Å². The maximum atomic E-state index is 13.1. The van der Waals surface area contributed by atoms with Gasteiger partial charge in [-0.25, -0.2) is 9.37 Å². The van der Waals surface area contributed by atoms with Gasteiger partial charge in [0.05, 0.1) is 5.92 Å². The van der Waals surface area contributed by atoms with E-state index >= 15 is 0 Å². The number of carbonyl (C=O) groups excluding carboxylic acids is 1. The highest BCUT2D eigenvalue weighted by molar-refractivity contribution is 7.09. The molecule has 1 fully saturated rings. The Morgan fingerprint density at radius 3 is 2.72 bits per heavy atom. The second-order valence-electron chi connectivity index (χ2n) is 7.44. The number of nitrogens with one attached hydrogen (secondary N) is 1. The molecule has 1 N–H and O–H groups in total. The van der Waals surface area contributed by atoms with E-state index in [9.17, 15) is 9.18 Å². The zero-order valence-electron chi connectivity index (χ0n) is 16.3. The van der Waals surface area contributed by atoms with Crippen molar-refractivity contribution in [3.8, 4) is 0 Å². The van der Waals surface area contributed by atoms with Crippen LogP contribution in [0.3, 0.4) is 0 Å². The fraction of sp³-hybridized carbons (Fsp3) is 0.318. The van der Waals surface area contributed by atoms with Crippen LogP contribution in [0.2, 0.25) is 0 Å². The third-order valence-corrected chi connectivity index (χ3v) is 5.93. The van der Waals surface area contributed by atoms with Gasteiger partial charge in [0, 0.05) is 36.7 Å². The third kappa shape index (κ3) is 4.98. The minimum Gasteiger partial charge on any atom is -0.346 e. The van der Waals surface area contributed by atoms with Crippen LogP contribution in [0.25, 0.3) is 0 Å². The van der Waals surface area contributed by atoms with E-state index in [1.54, 1.807) is 12.1 Å². The molecule has 1 amide bonds. The smallest absolute Gasteiger partial charge is 0.229 e. The van der Waals surface area contributed by atoms with Crippen molar-refractivity contribution in [2.24, 2.45) is 5.92 Å². The summed E-state index contributed by atoms with van der Waals surface area (Å²) in [5.74, 6) is 0.455. The fourth-order valence-electron chi connectivity index (χ4n) is 3.48. The molecule has 0 radical (unpaired) electrons. The Morgan fingerprint density at radius 2 is 1.97 bits per heavy atom. The molecule has 1 aliphatic rings. The van der Waals surface area contributed by atoms with E-state index in [-0.39, 0.29) is 17.6 Å². The van der Waals surface area contributed by atoms with E-state index in [4.69, 9.17) is 0 Å². The van der Waals surface area contributed by atoms with Crippen LogP contribution in [0.1, 0.15) is 29.8 Å². The molecule has 1 aliphatic heterocycles. The van der Waals surface area contributed by atoms with Gasteiger partial charge in [-0.05, 0) is 49.6 Å². The lowest BCUT2D eigenvalue weighted by Gasteiger charge is -2.31. The Hall–Kier alpha value is -2.80. The number of aromatic nitrogens is 2. The summed E-state index contributed by atoms with van der Waals surface area (Å²) < 4.78 is 17.5. The van der Waals surface area contributed by atoms with Crippen LogP contribution < -0.4 is 10.2 Å². The number of anilines is 2. The number of carbonyl (C=O) groups is 1. The van der Waals surface area contributed by atoms with E-state index < -0.39 is 0 Å². The van der Waals surface area contributed by atoms with Gasteiger partial charge < -0.3 is 10.2 Å². The molecule has 2 heterocycles. The molecule has 7 heteroatoms. The Kier molecular flexibility index (Phi) is 5.85. The van der Waals surface area contributed by atoms with Gasteiger partial charge in [-0.1, -0.05) is 29.8 Å². The lowest BCUT2D eigenvalue weighted by atomic mass is 9.97. The van der Waals surface area contributed by atoms with Gasteiger partial charge in [-0.2, -0.15) is 4.37 Å². The summed E-state index contributed by atoms with van der Waals surface area (Å²) >= 11 is 1.36. The molecule has 1 unspecified atom stereocenters. The molecule has 3 aromatic rings. The van der Waals surface area contributed by atoms with Gasteiger partial charge in [-0.3, -0.25) is 4.79 Å². The van der Waals surface area contributed by atoms with Crippen LogP contribution in [-0.4, -0.2) is 28.4 Å². The molecule has 1 saturated heterocycles. The van der Waals surface area contributed by atoms with Crippen LogP contribution in [0, 0.1) is 18.7 Å². The molecule has 1 aromatic heterocycles. The number of aryl methyl sites for hydroxylation is 1. The predicted octanol–water partition coefficient (Wildman–Crippen LogP) is 4.43. The van der Waals surface area contributed by atoms with Crippen LogP contribution in [0.15, 0.2) is 48.5 Å². The largest absolute Gasteiger partial charge is 0.346 e. The molecule has 0 spiro atoms. The maximum Gasteiger partial charge on any atom is 0.229 e. The standard InChI is InChI=1S/C22H23FN4OS/c1-15-4-10-19(11-5-15)24-21(28)17-3-2-12-27(14-17)22-25-20(26-29-22)13-16-6-8-18(23)9-7-16/h4-11,17H,2-3,12-14H2,1H3,(H,24,28). The predicted molar refractivity (Wildman–Crippen MR) is 114 cm³/mol. The average Bonchev–Trinajstić information content (AvgIpc) is 3.20. The molecule has 1 atom stereocenters. The van der Waals surface area contributed by atoms with Crippen molar-refractivity contribution >= 4 is 28.3 Å². The second-order valence-corrected chi connectivity index (χ2v) is 8.17. The first kappa shape index (κ1) is 19.5. The number of rotatable bonds is 5. The van der Waals surface area contributed by atoms with Gasteiger partial charge in [-0.15, -0.1) is 0 Å². The molecule has 4 rings (SSSR count). The van der Waals surface area contributed by atoms with Crippen molar-refractivity contribution in [2.75, 3.05) is 23.3 Å². The highest BCUT2D eigenvalue weighted by Gasteiger charge is 2.27. The van der Waals surface area contributed by atoms with Gasteiger partial charge in [0.1, 0.15) is 11.6 Å². The average molecular weight is 411 g/mol. The monoisotopic (exact) mass is 410 g/mol. The lowest BCUT2D eigenvalue weighted by Crippen LogP contribution is -2.40. The van der Waals surface area contributed by atoms with Gasteiger partial charge in [0.15, 0.2) is 0 Å². The molecule has 29 heavy (non-hydrogen) atoms. The highest BCUT2D eigenvalue weighted by Crippen LogP contribution is 2.26. The number of piperidine rings is 1. The minimum atomic E-state index is -0.246. The Balaban J connectivity index is 1.38. The number of hydrogen-bond donors (Lipinski definition) is 1. The van der Waals surface area contributed by atoms with Crippen LogP contribution in [0.5, 0.6) is 0 Å². The quantitative estimate of drug-likeness (QED) is 0.676. The van der Waals surface area contributed by atoms with Crippen molar-refractivity contribution < 1.29 is 9.18 Å². The summed E-state index contributed by atoms with van der Waals surface area (Å²) in [5, 5.41) is 3.87. The summed E-state index contributed by atoms with van der Waals surface area (Å²) in [5.41, 5.74) is 2.97. The molecule has 2 aromatic carbocycles. The van der Waals surface area contributed by atoms with Gasteiger partial charge >= 0.3 is 0 Å². The minimum absolute atomic E-state index is 0.0506. The van der Waals surface area contributed by atoms with E-state index in [1.165, 1.54) is 29.2 Å². The van der Waals surface area contributed by atoms with E-state index in [0.29, 0.717) is 13.0 Å². The first-order chi connectivity index (χ1) is 14.1. The summed E-state index contributed by atoms with van der Waals surface area (Å²) in [6.07, 6.45) is 2.39. The maximum absolute atomic E-state index is 13.1. The van der Waals surface area contributed by atoms with E-state index in [1.807, 2.05) is 31.2 Å². The normalized spacial score (nSPS) is 16.6. The van der Waals surface area contributed by atoms with Gasteiger partial charge in [0.25, 0.3) is 0 Å². The molecular formula is C22H23FN4OS. The molecule has 5 nitrogen and oxygen atoms in total. The summed E-state index contributed by atoms with van der Waals surface area (Å²) in [7, 11) is 0. The zero-order chi connectivity index (χ0) is 20.2. The van der Waals surface area contributed by atoms with Crippen molar-refractivity contribution in [1.29, 1.82) is 0 Å². The van der Waals surface area contributed by atoms with E-state index in [0.717, 1.165) is 41.6 Å². The summed E-state index contributed by atoms with van der Waals surface area (Å²) in [6, 6.07) is 14.2. The summed E-state index contributed by atoms with van der Waals surface area (Å²) in [4.78, 5) is 19.5. The molecular weight excluding hydrogens is 387 g/mol. The number of nitrogens with zero attached hydrogens (tertiary/aromatic N) is 3. The third-order valence-electron chi connectivity index (χ3n) is 5.11. The summed E-state index contributed by atoms with van der Waals surface area (Å²) in [6.45, 7) is 3.54. The Morgan fingerprint density at radius 1 is 1.21 bits per heavy atom. The first-order valence-electron chi connectivity index (χ1n) is 9.76. The number of halogens is 1. The lowest BCUT2D eigenvalue weighted by molar-refractivity contribution is -0.120. The van der Waals surface area contributed by atoms with Crippen molar-refractivity contribution in [3.63, 3.8) is 0 Å². The fourth-order valence-corrected chi connectivity index (χ4v) is 4.20. The Labute approximate surface area is 173 Å². The molecule has 0 bridgehead atoms. The van der Waals surface area contributed by atoms with Gasteiger partial charge in [0.2, 0.25) is 11.0 Å². The van der Waals surface area contributed by atoms with Crippen LogP contribution in [-0.2, 0) is 11.2 Å². The van der Waals surface area contributed by atoms with Crippen molar-refractivity contribution in [2.45, 2.75) is 26.2 Å².